The second kappa shape index (κ2) is 9.68. The Balaban J connectivity index is 2.11. The maximum atomic E-state index is 12.9. The summed E-state index contributed by atoms with van der Waals surface area (Å²) in [7, 11) is -1.90. The Morgan fingerprint density at radius 1 is 0.920 bits per heavy atom. The molecule has 6 heteroatoms. The highest BCUT2D eigenvalue weighted by atomic mass is 32.2. The Labute approximate surface area is 150 Å². The van der Waals surface area contributed by atoms with E-state index in [1.807, 2.05) is 42.5 Å². The topological polar surface area (TPSA) is 72.6 Å². The van der Waals surface area contributed by atoms with Crippen LogP contribution in [0.15, 0.2) is 59.5 Å². The van der Waals surface area contributed by atoms with E-state index in [0.29, 0.717) is 37.6 Å². The standard InChI is InChI=1S/C19H26N2O3S/c1-24-16-12-18-7-9-19(10-8-18)25(22,23)21(15-13-20)14-11-17-5-3-2-4-6-17/h2-10H,11-16,20H2,1H3. The number of sulfonamides is 1. The third-order valence-electron chi connectivity index (χ3n) is 4.03. The van der Waals surface area contributed by atoms with E-state index in [1.54, 1.807) is 19.2 Å². The smallest absolute Gasteiger partial charge is 0.243 e. The maximum Gasteiger partial charge on any atom is 0.243 e. The van der Waals surface area contributed by atoms with Gasteiger partial charge in [-0.15, -0.1) is 0 Å². The first-order valence-electron chi connectivity index (χ1n) is 8.40. The van der Waals surface area contributed by atoms with Gasteiger partial charge in [-0.05, 0) is 36.1 Å². The van der Waals surface area contributed by atoms with Gasteiger partial charge in [-0.3, -0.25) is 0 Å². The van der Waals surface area contributed by atoms with Gasteiger partial charge in [0, 0.05) is 26.7 Å². The highest BCUT2D eigenvalue weighted by molar-refractivity contribution is 7.89. The predicted molar refractivity (Wildman–Crippen MR) is 100.0 cm³/mol. The second-order valence-corrected chi connectivity index (χ2v) is 7.75. The number of rotatable bonds is 10. The molecule has 0 spiro atoms. The number of hydrogen-bond acceptors (Lipinski definition) is 4. The molecule has 25 heavy (non-hydrogen) atoms. The second-order valence-electron chi connectivity index (χ2n) is 5.82. The Morgan fingerprint density at radius 3 is 2.16 bits per heavy atom. The van der Waals surface area contributed by atoms with Gasteiger partial charge in [-0.2, -0.15) is 4.31 Å². The van der Waals surface area contributed by atoms with Gasteiger partial charge in [0.2, 0.25) is 10.0 Å². The van der Waals surface area contributed by atoms with E-state index in [2.05, 4.69) is 0 Å². The zero-order chi connectivity index (χ0) is 18.1. The monoisotopic (exact) mass is 362 g/mol. The quantitative estimate of drug-likeness (QED) is 0.702. The first-order valence-corrected chi connectivity index (χ1v) is 9.84. The van der Waals surface area contributed by atoms with Crippen molar-refractivity contribution >= 4 is 10.0 Å². The number of hydrogen-bond donors (Lipinski definition) is 1. The molecule has 0 aliphatic heterocycles. The van der Waals surface area contributed by atoms with Crippen molar-refractivity contribution in [2.24, 2.45) is 5.73 Å². The summed E-state index contributed by atoms with van der Waals surface area (Å²) in [6, 6.07) is 16.8. The summed E-state index contributed by atoms with van der Waals surface area (Å²) >= 11 is 0. The van der Waals surface area contributed by atoms with Gasteiger partial charge in [-0.1, -0.05) is 42.5 Å². The average molecular weight is 362 g/mol. The predicted octanol–water partition coefficient (Wildman–Crippen LogP) is 2.07. The zero-order valence-electron chi connectivity index (χ0n) is 14.6. The molecule has 0 aliphatic rings. The minimum absolute atomic E-state index is 0.292. The molecule has 136 valence electrons. The molecule has 2 N–H and O–H groups in total. The van der Waals surface area contributed by atoms with E-state index in [-0.39, 0.29) is 0 Å². The van der Waals surface area contributed by atoms with Crippen molar-refractivity contribution in [3.05, 3.63) is 65.7 Å². The third kappa shape index (κ3) is 5.64. The van der Waals surface area contributed by atoms with Crippen LogP contribution in [0.1, 0.15) is 11.1 Å². The van der Waals surface area contributed by atoms with Crippen LogP contribution in [0.4, 0.5) is 0 Å². The SMILES string of the molecule is COCCc1ccc(S(=O)(=O)N(CCN)CCc2ccccc2)cc1. The number of nitrogens with two attached hydrogens (primary N) is 1. The van der Waals surface area contributed by atoms with Crippen LogP contribution >= 0.6 is 0 Å². The molecule has 0 saturated heterocycles. The molecule has 0 bridgehead atoms. The molecule has 2 rings (SSSR count). The van der Waals surface area contributed by atoms with Crippen LogP contribution in [0.5, 0.6) is 0 Å². The highest BCUT2D eigenvalue weighted by Gasteiger charge is 2.23. The molecule has 2 aromatic carbocycles. The Hall–Kier alpha value is -1.73. The van der Waals surface area contributed by atoms with Crippen LogP contribution in [0.25, 0.3) is 0 Å². The molecule has 0 atom stereocenters. The maximum absolute atomic E-state index is 12.9. The van der Waals surface area contributed by atoms with Gasteiger partial charge >= 0.3 is 0 Å². The summed E-state index contributed by atoms with van der Waals surface area (Å²) in [6.07, 6.45) is 1.42. The molecule has 0 unspecified atom stereocenters. The van der Waals surface area contributed by atoms with E-state index in [4.69, 9.17) is 10.5 Å². The number of nitrogens with zero attached hydrogens (tertiary/aromatic N) is 1. The van der Waals surface area contributed by atoms with Gasteiger partial charge in [0.05, 0.1) is 11.5 Å². The lowest BCUT2D eigenvalue weighted by atomic mass is 10.1. The number of ether oxygens (including phenoxy) is 1. The van der Waals surface area contributed by atoms with Crippen molar-refractivity contribution in [3.8, 4) is 0 Å². The third-order valence-corrected chi connectivity index (χ3v) is 5.94. The molecule has 0 heterocycles. The molecule has 0 radical (unpaired) electrons. The summed E-state index contributed by atoms with van der Waals surface area (Å²) < 4.78 is 32.3. The van der Waals surface area contributed by atoms with Crippen molar-refractivity contribution < 1.29 is 13.2 Å². The van der Waals surface area contributed by atoms with Crippen LogP contribution < -0.4 is 5.73 Å². The molecular formula is C19H26N2O3S. The lowest BCUT2D eigenvalue weighted by molar-refractivity contribution is 0.202. The van der Waals surface area contributed by atoms with Crippen LogP contribution in [-0.4, -0.2) is 46.1 Å². The Kier molecular flexibility index (Phi) is 7.58. The fourth-order valence-electron chi connectivity index (χ4n) is 2.59. The van der Waals surface area contributed by atoms with Crippen LogP contribution in [0, 0.1) is 0 Å². The molecule has 0 amide bonds. The van der Waals surface area contributed by atoms with Gasteiger partial charge in [0.1, 0.15) is 0 Å². The Bertz CT molecular complexity index is 731. The molecule has 0 aromatic heterocycles. The normalized spacial score (nSPS) is 11.8. The van der Waals surface area contributed by atoms with Crippen molar-refractivity contribution in [3.63, 3.8) is 0 Å². The van der Waals surface area contributed by atoms with Crippen molar-refractivity contribution in [2.75, 3.05) is 33.4 Å². The summed E-state index contributed by atoms with van der Waals surface area (Å²) in [4.78, 5) is 0.301. The van der Waals surface area contributed by atoms with Crippen LogP contribution in [-0.2, 0) is 27.6 Å². The Morgan fingerprint density at radius 2 is 1.56 bits per heavy atom. The minimum Gasteiger partial charge on any atom is -0.384 e. The van der Waals surface area contributed by atoms with E-state index >= 15 is 0 Å². The summed E-state index contributed by atoms with van der Waals surface area (Å²) in [5.74, 6) is 0. The van der Waals surface area contributed by atoms with Gasteiger partial charge < -0.3 is 10.5 Å². The lowest BCUT2D eigenvalue weighted by Crippen LogP contribution is -2.36. The fraction of sp³-hybridized carbons (Fsp3) is 0.368. The van der Waals surface area contributed by atoms with Gasteiger partial charge in [0.15, 0.2) is 0 Å². The van der Waals surface area contributed by atoms with Crippen molar-refractivity contribution in [1.29, 1.82) is 0 Å². The molecule has 0 aliphatic carbocycles. The minimum atomic E-state index is -3.55. The zero-order valence-corrected chi connectivity index (χ0v) is 15.4. The van der Waals surface area contributed by atoms with E-state index < -0.39 is 10.0 Å². The van der Waals surface area contributed by atoms with Gasteiger partial charge in [-0.25, -0.2) is 8.42 Å². The highest BCUT2D eigenvalue weighted by Crippen LogP contribution is 2.17. The molecule has 0 saturated carbocycles. The molecule has 0 fully saturated rings. The fourth-order valence-corrected chi connectivity index (χ4v) is 4.05. The van der Waals surface area contributed by atoms with E-state index in [1.165, 1.54) is 4.31 Å². The summed E-state index contributed by atoms with van der Waals surface area (Å²) in [5.41, 5.74) is 7.79. The lowest BCUT2D eigenvalue weighted by Gasteiger charge is -2.21. The molecular weight excluding hydrogens is 336 g/mol. The first-order chi connectivity index (χ1) is 12.1. The van der Waals surface area contributed by atoms with E-state index in [9.17, 15) is 8.42 Å². The largest absolute Gasteiger partial charge is 0.384 e. The van der Waals surface area contributed by atoms with Crippen LogP contribution in [0.3, 0.4) is 0 Å². The summed E-state index contributed by atoms with van der Waals surface area (Å²) in [5, 5.41) is 0. The first kappa shape index (κ1) is 19.6. The number of benzene rings is 2. The van der Waals surface area contributed by atoms with Crippen LogP contribution in [0.2, 0.25) is 0 Å². The summed E-state index contributed by atoms with van der Waals surface area (Å²) in [6.45, 7) is 1.62. The van der Waals surface area contributed by atoms with Gasteiger partial charge in [0.25, 0.3) is 0 Å². The van der Waals surface area contributed by atoms with Crippen molar-refractivity contribution in [1.82, 2.24) is 4.31 Å². The molecule has 2 aromatic rings. The molecule has 5 nitrogen and oxygen atoms in total. The average Bonchev–Trinajstić information content (AvgIpc) is 2.64. The van der Waals surface area contributed by atoms with Crippen molar-refractivity contribution in [2.45, 2.75) is 17.7 Å². The van der Waals surface area contributed by atoms with E-state index in [0.717, 1.165) is 17.5 Å². The number of methoxy groups -OCH3 is 1.